The molecule has 1 N–H and O–H groups in total. The number of ether oxygens (including phenoxy) is 2. The molecule has 6 nitrogen and oxygen atoms in total. The molecule has 0 bridgehead atoms. The Bertz CT molecular complexity index is 896. The minimum Gasteiger partial charge on any atom is -0.497 e. The van der Waals surface area contributed by atoms with Crippen molar-refractivity contribution in [1.29, 1.82) is 0 Å². The molecule has 174 valence electrons. The molecule has 0 spiro atoms. The van der Waals surface area contributed by atoms with Gasteiger partial charge in [0.15, 0.2) is 6.61 Å². The minimum absolute atomic E-state index is 0.141. The lowest BCUT2D eigenvalue weighted by Crippen LogP contribution is -2.54. The van der Waals surface area contributed by atoms with Crippen LogP contribution in [0.1, 0.15) is 50.8 Å². The maximum Gasteiger partial charge on any atom is 0.261 e. The van der Waals surface area contributed by atoms with Crippen LogP contribution in [0.25, 0.3) is 0 Å². The topological polar surface area (TPSA) is 67.9 Å². The van der Waals surface area contributed by atoms with Crippen molar-refractivity contribution in [3.8, 4) is 11.5 Å². The number of carbonyl (C=O) groups is 2. The van der Waals surface area contributed by atoms with Crippen molar-refractivity contribution in [2.45, 2.75) is 66.1 Å². The predicted molar refractivity (Wildman–Crippen MR) is 127 cm³/mol. The molecule has 0 aliphatic rings. The van der Waals surface area contributed by atoms with Gasteiger partial charge in [0.25, 0.3) is 5.91 Å². The molecule has 32 heavy (non-hydrogen) atoms. The number of hydrogen-bond acceptors (Lipinski definition) is 4. The van der Waals surface area contributed by atoms with Gasteiger partial charge in [-0.15, -0.1) is 0 Å². The van der Waals surface area contributed by atoms with Gasteiger partial charge in [0.2, 0.25) is 5.91 Å². The number of hydrogen-bond donors (Lipinski definition) is 1. The van der Waals surface area contributed by atoms with Crippen LogP contribution in [0.5, 0.6) is 11.5 Å². The monoisotopic (exact) mass is 440 g/mol. The summed E-state index contributed by atoms with van der Waals surface area (Å²) in [6.07, 6.45) is 0.493. The van der Waals surface area contributed by atoms with Crippen LogP contribution < -0.4 is 14.8 Å². The van der Waals surface area contributed by atoms with E-state index in [9.17, 15) is 9.59 Å². The Morgan fingerprint density at radius 3 is 2.09 bits per heavy atom. The first kappa shape index (κ1) is 25.2. The molecule has 0 radical (unpaired) electrons. The van der Waals surface area contributed by atoms with Crippen LogP contribution in [0, 0.1) is 13.8 Å². The van der Waals surface area contributed by atoms with Crippen LogP contribution in [0.15, 0.2) is 42.5 Å². The lowest BCUT2D eigenvalue weighted by Gasteiger charge is -2.33. The van der Waals surface area contributed by atoms with Crippen molar-refractivity contribution in [3.05, 3.63) is 59.2 Å². The third kappa shape index (κ3) is 7.59. The Morgan fingerprint density at radius 2 is 1.59 bits per heavy atom. The van der Waals surface area contributed by atoms with Gasteiger partial charge >= 0.3 is 0 Å². The highest BCUT2D eigenvalue weighted by Gasteiger charge is 2.30. The van der Waals surface area contributed by atoms with Crippen LogP contribution in [0.2, 0.25) is 0 Å². The van der Waals surface area contributed by atoms with Gasteiger partial charge in [-0.2, -0.15) is 0 Å². The lowest BCUT2D eigenvalue weighted by atomic mass is 10.1. The van der Waals surface area contributed by atoms with E-state index in [1.807, 2.05) is 77.9 Å². The maximum absolute atomic E-state index is 13.3. The Labute approximate surface area is 191 Å². The molecular weight excluding hydrogens is 404 g/mol. The highest BCUT2D eigenvalue weighted by atomic mass is 16.5. The molecule has 0 aromatic heterocycles. The first-order valence-electron chi connectivity index (χ1n) is 11.0. The van der Waals surface area contributed by atoms with E-state index in [1.54, 1.807) is 12.0 Å². The van der Waals surface area contributed by atoms with E-state index >= 15 is 0 Å². The third-order valence-electron chi connectivity index (χ3n) is 4.95. The molecule has 2 aromatic carbocycles. The van der Waals surface area contributed by atoms with Gasteiger partial charge in [0, 0.05) is 12.1 Å². The Balaban J connectivity index is 2.25. The number of carbonyl (C=O) groups excluding carboxylic acids is 2. The molecule has 0 saturated carbocycles. The summed E-state index contributed by atoms with van der Waals surface area (Å²) in [5.41, 5.74) is 2.65. The number of nitrogens with zero attached hydrogens (tertiary/aromatic N) is 1. The Hall–Kier alpha value is -3.02. The maximum atomic E-state index is 13.3. The fourth-order valence-electron chi connectivity index (χ4n) is 3.54. The zero-order valence-electron chi connectivity index (χ0n) is 20.3. The van der Waals surface area contributed by atoms with Crippen LogP contribution in [-0.4, -0.2) is 42.0 Å². The molecule has 2 amide bonds. The van der Waals surface area contributed by atoms with Crippen LogP contribution in [0.3, 0.4) is 0 Å². The molecule has 0 saturated heterocycles. The zero-order valence-corrected chi connectivity index (χ0v) is 20.3. The second kappa shape index (κ2) is 11.0. The first-order valence-corrected chi connectivity index (χ1v) is 11.0. The van der Waals surface area contributed by atoms with E-state index in [4.69, 9.17) is 9.47 Å². The van der Waals surface area contributed by atoms with Gasteiger partial charge in [-0.1, -0.05) is 25.1 Å². The van der Waals surface area contributed by atoms with E-state index in [0.29, 0.717) is 18.7 Å². The molecule has 0 aliphatic heterocycles. The second-order valence-electron chi connectivity index (χ2n) is 9.15. The minimum atomic E-state index is -0.605. The van der Waals surface area contributed by atoms with E-state index < -0.39 is 11.6 Å². The van der Waals surface area contributed by atoms with E-state index in [0.717, 1.165) is 22.4 Å². The summed E-state index contributed by atoms with van der Waals surface area (Å²) in [5, 5.41) is 3.00. The number of aryl methyl sites for hydroxylation is 2. The van der Waals surface area contributed by atoms with Crippen molar-refractivity contribution >= 4 is 11.8 Å². The Morgan fingerprint density at radius 1 is 1.00 bits per heavy atom. The fourth-order valence-corrected chi connectivity index (χ4v) is 3.54. The standard InChI is InChI=1S/C26H36N2O4/c1-8-23(25(30)27-26(4,5)6)28(16-20-9-11-21(31-7)12-10-20)24(29)17-32-22-14-18(2)13-19(3)15-22/h9-15,23H,8,16-17H2,1-7H3,(H,27,30). The SMILES string of the molecule is CCC(C(=O)NC(C)(C)C)N(Cc1ccc(OC)cc1)C(=O)COc1cc(C)cc(C)c1. The van der Waals surface area contributed by atoms with E-state index in [2.05, 4.69) is 11.4 Å². The first-order chi connectivity index (χ1) is 15.0. The van der Waals surface area contributed by atoms with Crippen molar-refractivity contribution in [2.75, 3.05) is 13.7 Å². The summed E-state index contributed by atoms with van der Waals surface area (Å²) in [7, 11) is 1.61. The predicted octanol–water partition coefficient (Wildman–Crippen LogP) is 4.41. The number of nitrogens with one attached hydrogen (secondary N) is 1. The van der Waals surface area contributed by atoms with Crippen molar-refractivity contribution < 1.29 is 19.1 Å². The molecule has 0 aliphatic carbocycles. The second-order valence-corrected chi connectivity index (χ2v) is 9.15. The number of benzene rings is 2. The van der Waals surface area contributed by atoms with Gasteiger partial charge in [0.1, 0.15) is 17.5 Å². The number of amides is 2. The van der Waals surface area contributed by atoms with Crippen molar-refractivity contribution in [1.82, 2.24) is 10.2 Å². The molecule has 0 heterocycles. The largest absolute Gasteiger partial charge is 0.497 e. The van der Waals surface area contributed by atoms with Crippen LogP contribution >= 0.6 is 0 Å². The summed E-state index contributed by atoms with van der Waals surface area (Å²) in [6, 6.07) is 12.7. The van der Waals surface area contributed by atoms with Gasteiger partial charge in [0.05, 0.1) is 7.11 Å². The summed E-state index contributed by atoms with van der Waals surface area (Å²) in [4.78, 5) is 27.9. The average molecular weight is 441 g/mol. The molecule has 2 aromatic rings. The average Bonchev–Trinajstić information content (AvgIpc) is 2.70. The van der Waals surface area contributed by atoms with Crippen molar-refractivity contribution in [2.24, 2.45) is 0 Å². The Kier molecular flexibility index (Phi) is 8.70. The highest BCUT2D eigenvalue weighted by Crippen LogP contribution is 2.19. The van der Waals surface area contributed by atoms with Gasteiger partial charge in [-0.05, 0) is 82.0 Å². The summed E-state index contributed by atoms with van der Waals surface area (Å²) < 4.78 is 11.0. The number of methoxy groups -OCH3 is 1. The summed E-state index contributed by atoms with van der Waals surface area (Å²) in [5.74, 6) is 0.971. The zero-order chi connectivity index (χ0) is 23.9. The third-order valence-corrected chi connectivity index (χ3v) is 4.95. The van der Waals surface area contributed by atoms with Gasteiger partial charge in [-0.25, -0.2) is 0 Å². The molecule has 1 unspecified atom stereocenters. The van der Waals surface area contributed by atoms with E-state index in [1.165, 1.54) is 0 Å². The van der Waals surface area contributed by atoms with Gasteiger partial charge in [-0.3, -0.25) is 9.59 Å². The van der Waals surface area contributed by atoms with Crippen molar-refractivity contribution in [3.63, 3.8) is 0 Å². The molecule has 1 atom stereocenters. The van der Waals surface area contributed by atoms with E-state index in [-0.39, 0.29) is 18.4 Å². The quantitative estimate of drug-likeness (QED) is 0.627. The fraction of sp³-hybridized carbons (Fsp3) is 0.462. The highest BCUT2D eigenvalue weighted by molar-refractivity contribution is 5.88. The summed E-state index contributed by atoms with van der Waals surface area (Å²) in [6.45, 7) is 11.8. The smallest absolute Gasteiger partial charge is 0.261 e. The van der Waals surface area contributed by atoms with Crippen LogP contribution in [0.4, 0.5) is 0 Å². The molecule has 2 rings (SSSR count). The van der Waals surface area contributed by atoms with Crippen LogP contribution in [-0.2, 0) is 16.1 Å². The van der Waals surface area contributed by atoms with Gasteiger partial charge < -0.3 is 19.7 Å². The normalized spacial score (nSPS) is 12.1. The summed E-state index contributed by atoms with van der Waals surface area (Å²) >= 11 is 0. The number of rotatable bonds is 9. The molecule has 6 heteroatoms. The molecular formula is C26H36N2O4. The molecule has 0 fully saturated rings. The lowest BCUT2D eigenvalue weighted by molar-refractivity contribution is -0.143.